The zero-order valence-electron chi connectivity index (χ0n) is 11.7. The van der Waals surface area contributed by atoms with Crippen molar-refractivity contribution in [2.45, 2.75) is 39.9 Å². The molecule has 0 aliphatic heterocycles. The van der Waals surface area contributed by atoms with Crippen LogP contribution in [-0.4, -0.2) is 15.8 Å². The van der Waals surface area contributed by atoms with E-state index < -0.39 is 0 Å². The summed E-state index contributed by atoms with van der Waals surface area (Å²) in [5.41, 5.74) is 3.34. The van der Waals surface area contributed by atoms with Crippen LogP contribution in [0.4, 0.5) is 0 Å². The molecule has 102 valence electrons. The zero-order chi connectivity index (χ0) is 13.8. The number of halogens is 1. The van der Waals surface area contributed by atoms with E-state index in [0.29, 0.717) is 6.04 Å². The zero-order valence-corrected chi connectivity index (χ0v) is 12.4. The van der Waals surface area contributed by atoms with Crippen LogP contribution in [0.3, 0.4) is 0 Å². The number of rotatable bonds is 5. The lowest BCUT2D eigenvalue weighted by Crippen LogP contribution is -2.21. The van der Waals surface area contributed by atoms with Crippen LogP contribution in [0.15, 0.2) is 30.5 Å². The average molecular weight is 278 g/mol. The summed E-state index contributed by atoms with van der Waals surface area (Å²) in [5.74, 6) is 0. The molecule has 19 heavy (non-hydrogen) atoms. The first-order chi connectivity index (χ1) is 9.11. The molecule has 1 aromatic carbocycles. The van der Waals surface area contributed by atoms with E-state index >= 15 is 0 Å². The molecule has 1 heterocycles. The fourth-order valence-electron chi connectivity index (χ4n) is 1.99. The highest BCUT2D eigenvalue weighted by Crippen LogP contribution is 2.25. The summed E-state index contributed by atoms with van der Waals surface area (Å²) in [5, 5.41) is 8.46. The monoisotopic (exact) mass is 277 g/mol. The van der Waals surface area contributed by atoms with Gasteiger partial charge in [0, 0.05) is 35.9 Å². The minimum Gasteiger partial charge on any atom is -0.310 e. The van der Waals surface area contributed by atoms with Crippen molar-refractivity contribution in [3.05, 3.63) is 41.0 Å². The van der Waals surface area contributed by atoms with Gasteiger partial charge in [0.05, 0.1) is 5.69 Å². The van der Waals surface area contributed by atoms with Crippen LogP contribution in [-0.2, 0) is 13.1 Å². The average Bonchev–Trinajstić information content (AvgIpc) is 2.85. The molecule has 0 fully saturated rings. The number of hydrogen-bond donors (Lipinski definition) is 1. The molecule has 0 amide bonds. The normalized spacial score (nSPS) is 11.2. The maximum atomic E-state index is 6.36. The molecule has 0 saturated carbocycles. The molecule has 2 aromatic rings. The molecular formula is C15H20ClN3. The van der Waals surface area contributed by atoms with Gasteiger partial charge < -0.3 is 5.32 Å². The second-order valence-corrected chi connectivity index (χ2v) is 5.28. The van der Waals surface area contributed by atoms with Crippen molar-refractivity contribution in [3.8, 4) is 11.3 Å². The molecule has 0 unspecified atom stereocenters. The molecule has 0 radical (unpaired) electrons. The number of aryl methyl sites for hydroxylation is 1. The van der Waals surface area contributed by atoms with E-state index in [1.165, 1.54) is 0 Å². The van der Waals surface area contributed by atoms with Crippen molar-refractivity contribution in [2.24, 2.45) is 0 Å². The fourth-order valence-corrected chi connectivity index (χ4v) is 2.24. The summed E-state index contributed by atoms with van der Waals surface area (Å²) < 4.78 is 1.97. The molecule has 2 rings (SSSR count). The van der Waals surface area contributed by atoms with Gasteiger partial charge in [-0.2, -0.15) is 5.10 Å². The lowest BCUT2D eigenvalue weighted by molar-refractivity contribution is 0.589. The molecule has 0 aliphatic rings. The van der Waals surface area contributed by atoms with Gasteiger partial charge in [0.15, 0.2) is 0 Å². The fraction of sp³-hybridized carbons (Fsp3) is 0.400. The molecule has 0 atom stereocenters. The topological polar surface area (TPSA) is 29.9 Å². The van der Waals surface area contributed by atoms with Crippen LogP contribution in [0.2, 0.25) is 5.02 Å². The van der Waals surface area contributed by atoms with E-state index in [-0.39, 0.29) is 0 Å². The van der Waals surface area contributed by atoms with Crippen molar-refractivity contribution >= 4 is 11.6 Å². The highest BCUT2D eigenvalue weighted by molar-refractivity contribution is 6.31. The Morgan fingerprint density at radius 1 is 1.32 bits per heavy atom. The Bertz CT molecular complexity index is 546. The predicted octanol–water partition coefficient (Wildman–Crippen LogP) is 3.72. The Kier molecular flexibility index (Phi) is 4.61. The van der Waals surface area contributed by atoms with Gasteiger partial charge in [-0.3, -0.25) is 4.68 Å². The summed E-state index contributed by atoms with van der Waals surface area (Å²) in [6.07, 6.45) is 1.82. The molecule has 1 N–H and O–H groups in total. The number of nitrogens with zero attached hydrogens (tertiary/aromatic N) is 2. The van der Waals surface area contributed by atoms with Gasteiger partial charge in [0.1, 0.15) is 0 Å². The molecule has 1 aromatic heterocycles. The maximum absolute atomic E-state index is 6.36. The molecule has 0 aliphatic carbocycles. The molecule has 0 bridgehead atoms. The van der Waals surface area contributed by atoms with E-state index in [2.05, 4.69) is 43.3 Å². The van der Waals surface area contributed by atoms with E-state index in [9.17, 15) is 0 Å². The highest BCUT2D eigenvalue weighted by atomic mass is 35.5. The second kappa shape index (κ2) is 6.22. The summed E-state index contributed by atoms with van der Waals surface area (Å²) >= 11 is 6.36. The molecule has 3 nitrogen and oxygen atoms in total. The van der Waals surface area contributed by atoms with Gasteiger partial charge in [0.2, 0.25) is 0 Å². The van der Waals surface area contributed by atoms with Gasteiger partial charge >= 0.3 is 0 Å². The van der Waals surface area contributed by atoms with Crippen LogP contribution in [0, 0.1) is 0 Å². The molecule has 0 saturated heterocycles. The Hall–Kier alpha value is -1.32. The number of aromatic nitrogens is 2. The molecule has 4 heteroatoms. The summed E-state index contributed by atoms with van der Waals surface area (Å²) in [4.78, 5) is 0. The van der Waals surface area contributed by atoms with Crippen LogP contribution in [0.25, 0.3) is 11.3 Å². The van der Waals surface area contributed by atoms with E-state index in [4.69, 9.17) is 11.6 Å². The Morgan fingerprint density at radius 3 is 2.74 bits per heavy atom. The highest BCUT2D eigenvalue weighted by Gasteiger charge is 2.07. The quantitative estimate of drug-likeness (QED) is 0.903. The van der Waals surface area contributed by atoms with E-state index in [0.717, 1.165) is 34.9 Å². The molecule has 0 spiro atoms. The molecular weight excluding hydrogens is 258 g/mol. The first-order valence-corrected chi connectivity index (χ1v) is 7.03. The number of nitrogens with one attached hydrogen (secondary N) is 1. The van der Waals surface area contributed by atoms with E-state index in [1.807, 2.05) is 23.0 Å². The van der Waals surface area contributed by atoms with E-state index in [1.54, 1.807) is 0 Å². The van der Waals surface area contributed by atoms with Gasteiger partial charge in [-0.15, -0.1) is 0 Å². The van der Waals surface area contributed by atoms with Gasteiger partial charge in [-0.05, 0) is 24.6 Å². The van der Waals surface area contributed by atoms with Crippen LogP contribution >= 0.6 is 11.6 Å². The van der Waals surface area contributed by atoms with Crippen molar-refractivity contribution in [2.75, 3.05) is 0 Å². The predicted molar refractivity (Wildman–Crippen MR) is 80.3 cm³/mol. The first kappa shape index (κ1) is 14.1. The van der Waals surface area contributed by atoms with Crippen molar-refractivity contribution < 1.29 is 0 Å². The minimum absolute atomic E-state index is 0.456. The van der Waals surface area contributed by atoms with Crippen LogP contribution < -0.4 is 5.32 Å². The van der Waals surface area contributed by atoms with Gasteiger partial charge in [-0.1, -0.05) is 37.6 Å². The number of benzene rings is 1. The summed E-state index contributed by atoms with van der Waals surface area (Å²) in [6.45, 7) is 7.99. The minimum atomic E-state index is 0.456. The smallest absolute Gasteiger partial charge is 0.0682 e. The summed E-state index contributed by atoms with van der Waals surface area (Å²) in [6, 6.07) is 8.67. The van der Waals surface area contributed by atoms with Crippen LogP contribution in [0.5, 0.6) is 0 Å². The van der Waals surface area contributed by atoms with Crippen molar-refractivity contribution in [3.63, 3.8) is 0 Å². The van der Waals surface area contributed by atoms with Crippen molar-refractivity contribution in [1.82, 2.24) is 15.1 Å². The Morgan fingerprint density at radius 2 is 2.11 bits per heavy atom. The third-order valence-electron chi connectivity index (χ3n) is 3.07. The third-order valence-corrected chi connectivity index (χ3v) is 3.42. The number of hydrogen-bond acceptors (Lipinski definition) is 2. The van der Waals surface area contributed by atoms with Crippen LogP contribution in [0.1, 0.15) is 26.3 Å². The third kappa shape index (κ3) is 3.37. The lowest BCUT2D eigenvalue weighted by Gasteiger charge is -2.11. The lowest BCUT2D eigenvalue weighted by atomic mass is 10.1. The van der Waals surface area contributed by atoms with Gasteiger partial charge in [-0.25, -0.2) is 0 Å². The summed E-state index contributed by atoms with van der Waals surface area (Å²) in [7, 11) is 0. The largest absolute Gasteiger partial charge is 0.310 e. The standard InChI is InChI=1S/C15H20ClN3/c1-4-19-15(7-8-18-19)12-5-6-13(14(16)9-12)10-17-11(2)3/h5-9,11,17H,4,10H2,1-3H3. The Balaban J connectivity index is 2.23. The maximum Gasteiger partial charge on any atom is 0.0682 e. The van der Waals surface area contributed by atoms with Gasteiger partial charge in [0.25, 0.3) is 0 Å². The Labute approximate surface area is 119 Å². The SMILES string of the molecule is CCn1nccc1-c1ccc(CNC(C)C)c(Cl)c1. The first-order valence-electron chi connectivity index (χ1n) is 6.65. The second-order valence-electron chi connectivity index (χ2n) is 4.87. The van der Waals surface area contributed by atoms with Crippen molar-refractivity contribution in [1.29, 1.82) is 0 Å².